The number of rotatable bonds is 7. The second kappa shape index (κ2) is 10.0. The van der Waals surface area contributed by atoms with E-state index in [0.29, 0.717) is 13.1 Å². The van der Waals surface area contributed by atoms with Gasteiger partial charge < -0.3 is 24.6 Å². The van der Waals surface area contributed by atoms with Crippen LogP contribution in [-0.4, -0.2) is 57.2 Å². The Hall–Kier alpha value is -2.96. The van der Waals surface area contributed by atoms with Gasteiger partial charge in [-0.2, -0.15) is 0 Å². The maximum Gasteiger partial charge on any atom is 0.193 e. The molecule has 3 rings (SSSR count). The van der Waals surface area contributed by atoms with Crippen molar-refractivity contribution in [2.45, 2.75) is 25.9 Å². The van der Waals surface area contributed by atoms with Crippen molar-refractivity contribution in [3.05, 3.63) is 47.7 Å². The molecular weight excluding hydrogens is 366 g/mol. The largest absolute Gasteiger partial charge is 0.497 e. The molecule has 7 heteroatoms. The summed E-state index contributed by atoms with van der Waals surface area (Å²) in [4.78, 5) is 13.4. The molecule has 1 fully saturated rings. The molecule has 1 aliphatic heterocycles. The third kappa shape index (κ3) is 5.31. The molecule has 7 nitrogen and oxygen atoms in total. The van der Waals surface area contributed by atoms with Gasteiger partial charge in [0.05, 0.1) is 14.2 Å². The van der Waals surface area contributed by atoms with Crippen LogP contribution in [0, 0.1) is 0 Å². The summed E-state index contributed by atoms with van der Waals surface area (Å²) in [6.45, 7) is 3.55. The number of aliphatic imine (C=N–C) groups is 1. The third-order valence-corrected chi connectivity index (χ3v) is 5.16. The molecular formula is C22H31N5O2. The van der Waals surface area contributed by atoms with Gasteiger partial charge in [-0.15, -0.1) is 0 Å². The fourth-order valence-electron chi connectivity index (χ4n) is 3.53. The highest BCUT2D eigenvalue weighted by Gasteiger charge is 2.14. The minimum Gasteiger partial charge on any atom is -0.497 e. The Morgan fingerprint density at radius 1 is 1.17 bits per heavy atom. The Morgan fingerprint density at radius 2 is 1.97 bits per heavy atom. The van der Waals surface area contributed by atoms with Crippen LogP contribution in [0.2, 0.25) is 0 Å². The lowest BCUT2D eigenvalue weighted by Gasteiger charge is -2.23. The first kappa shape index (κ1) is 20.8. The van der Waals surface area contributed by atoms with Gasteiger partial charge in [0.15, 0.2) is 5.96 Å². The highest BCUT2D eigenvalue weighted by Crippen LogP contribution is 2.25. The molecule has 29 heavy (non-hydrogen) atoms. The first-order valence-corrected chi connectivity index (χ1v) is 9.97. The van der Waals surface area contributed by atoms with Crippen LogP contribution in [0.3, 0.4) is 0 Å². The lowest BCUT2D eigenvalue weighted by molar-refractivity contribution is 0.382. The Morgan fingerprint density at radius 3 is 2.59 bits per heavy atom. The van der Waals surface area contributed by atoms with E-state index in [4.69, 9.17) is 9.47 Å². The van der Waals surface area contributed by atoms with Gasteiger partial charge in [0.2, 0.25) is 0 Å². The van der Waals surface area contributed by atoms with Crippen LogP contribution >= 0.6 is 0 Å². The van der Waals surface area contributed by atoms with E-state index in [1.165, 1.54) is 12.8 Å². The average Bonchev–Trinajstić information content (AvgIpc) is 3.30. The fourth-order valence-corrected chi connectivity index (χ4v) is 3.53. The molecule has 2 heterocycles. The van der Waals surface area contributed by atoms with Crippen molar-refractivity contribution in [2.75, 3.05) is 46.3 Å². The van der Waals surface area contributed by atoms with Crippen molar-refractivity contribution in [2.24, 2.45) is 4.99 Å². The van der Waals surface area contributed by atoms with Gasteiger partial charge in [-0.1, -0.05) is 6.07 Å². The highest BCUT2D eigenvalue weighted by molar-refractivity contribution is 5.79. The highest BCUT2D eigenvalue weighted by atomic mass is 16.5. The molecule has 1 aliphatic rings. The lowest BCUT2D eigenvalue weighted by Crippen LogP contribution is -2.38. The summed E-state index contributed by atoms with van der Waals surface area (Å²) in [6.07, 6.45) is 4.46. The molecule has 156 valence electrons. The third-order valence-electron chi connectivity index (χ3n) is 5.16. The van der Waals surface area contributed by atoms with Crippen LogP contribution in [0.5, 0.6) is 11.5 Å². The molecule has 0 unspecified atom stereocenters. The van der Waals surface area contributed by atoms with E-state index in [1.54, 1.807) is 21.3 Å². The number of pyridine rings is 1. The van der Waals surface area contributed by atoms with Crippen molar-refractivity contribution >= 4 is 11.8 Å². The van der Waals surface area contributed by atoms with Crippen molar-refractivity contribution in [3.8, 4) is 11.5 Å². The van der Waals surface area contributed by atoms with Crippen LogP contribution < -0.4 is 19.7 Å². The van der Waals surface area contributed by atoms with Gasteiger partial charge in [-0.05, 0) is 36.6 Å². The van der Waals surface area contributed by atoms with Crippen molar-refractivity contribution in [1.82, 2.24) is 15.2 Å². The summed E-state index contributed by atoms with van der Waals surface area (Å²) in [5.41, 5.74) is 2.19. The maximum atomic E-state index is 5.51. The second-order valence-electron chi connectivity index (χ2n) is 7.15. The molecule has 1 saturated heterocycles. The van der Waals surface area contributed by atoms with E-state index in [-0.39, 0.29) is 0 Å². The molecule has 0 saturated carbocycles. The average molecular weight is 398 g/mol. The molecule has 0 amide bonds. The predicted molar refractivity (Wildman–Crippen MR) is 117 cm³/mol. The first-order valence-electron chi connectivity index (χ1n) is 9.97. The second-order valence-corrected chi connectivity index (χ2v) is 7.15. The number of nitrogens with zero attached hydrogens (tertiary/aromatic N) is 4. The van der Waals surface area contributed by atoms with E-state index in [9.17, 15) is 0 Å². The van der Waals surface area contributed by atoms with Crippen LogP contribution in [0.25, 0.3) is 0 Å². The zero-order chi connectivity index (χ0) is 20.6. The van der Waals surface area contributed by atoms with E-state index < -0.39 is 0 Å². The van der Waals surface area contributed by atoms with Crippen LogP contribution in [0.1, 0.15) is 24.0 Å². The quantitative estimate of drug-likeness (QED) is 0.573. The van der Waals surface area contributed by atoms with E-state index in [0.717, 1.165) is 47.5 Å². The summed E-state index contributed by atoms with van der Waals surface area (Å²) >= 11 is 0. The topological polar surface area (TPSA) is 62.2 Å². The van der Waals surface area contributed by atoms with Crippen LogP contribution in [0.15, 0.2) is 41.5 Å². The van der Waals surface area contributed by atoms with E-state index in [2.05, 4.69) is 37.2 Å². The Balaban J connectivity index is 1.58. The van der Waals surface area contributed by atoms with Crippen molar-refractivity contribution in [1.29, 1.82) is 0 Å². The molecule has 0 spiro atoms. The van der Waals surface area contributed by atoms with Crippen LogP contribution in [0.4, 0.5) is 5.82 Å². The number of hydrogen-bond donors (Lipinski definition) is 1. The van der Waals surface area contributed by atoms with Gasteiger partial charge in [0, 0.05) is 58.1 Å². The smallest absolute Gasteiger partial charge is 0.193 e. The Labute approximate surface area is 173 Å². The summed E-state index contributed by atoms with van der Waals surface area (Å²) in [6, 6.07) is 10.1. The standard InChI is InChI=1S/C22H31N5O2/c1-23-22(26(2)16-18-8-9-19(28-3)13-20(18)29-4)25-15-17-7-10-21(24-14-17)27-11-5-6-12-27/h7-10,13-14H,5-6,11-12,15-16H2,1-4H3,(H,23,25). The van der Waals surface area contributed by atoms with Crippen LogP contribution in [-0.2, 0) is 13.1 Å². The minimum atomic E-state index is 0.666. The zero-order valence-corrected chi connectivity index (χ0v) is 17.8. The summed E-state index contributed by atoms with van der Waals surface area (Å²) in [7, 11) is 7.12. The molecule has 0 bridgehead atoms. The molecule has 0 aliphatic carbocycles. The first-order chi connectivity index (χ1) is 14.1. The number of ether oxygens (including phenoxy) is 2. The summed E-state index contributed by atoms with van der Waals surface area (Å²) in [5, 5.41) is 3.41. The number of benzene rings is 1. The number of guanidine groups is 1. The van der Waals surface area contributed by atoms with Crippen molar-refractivity contribution < 1.29 is 9.47 Å². The molecule has 0 radical (unpaired) electrons. The number of hydrogen-bond acceptors (Lipinski definition) is 5. The van der Waals surface area contributed by atoms with E-state index >= 15 is 0 Å². The molecule has 2 aromatic rings. The maximum absolute atomic E-state index is 5.51. The van der Waals surface area contributed by atoms with Gasteiger partial charge in [-0.3, -0.25) is 4.99 Å². The number of aromatic nitrogens is 1. The lowest BCUT2D eigenvalue weighted by atomic mass is 10.2. The molecule has 1 aromatic heterocycles. The van der Waals surface area contributed by atoms with Gasteiger partial charge in [0.1, 0.15) is 17.3 Å². The molecule has 1 aromatic carbocycles. The number of methoxy groups -OCH3 is 2. The van der Waals surface area contributed by atoms with Gasteiger partial charge in [-0.25, -0.2) is 4.98 Å². The number of anilines is 1. The zero-order valence-electron chi connectivity index (χ0n) is 17.8. The molecule has 0 atom stereocenters. The van der Waals surface area contributed by atoms with E-state index in [1.807, 2.05) is 31.4 Å². The fraction of sp³-hybridized carbons (Fsp3) is 0.455. The Bertz CT molecular complexity index is 816. The van der Waals surface area contributed by atoms with Crippen molar-refractivity contribution in [3.63, 3.8) is 0 Å². The predicted octanol–water partition coefficient (Wildman–Crippen LogP) is 2.91. The summed E-state index contributed by atoms with van der Waals surface area (Å²) < 4.78 is 10.8. The number of nitrogens with one attached hydrogen (secondary N) is 1. The SMILES string of the molecule is CN=C(NCc1ccc(N2CCCC2)nc1)N(C)Cc1ccc(OC)cc1OC. The normalized spacial score (nSPS) is 14.1. The van der Waals surface area contributed by atoms with Gasteiger partial charge in [0.25, 0.3) is 0 Å². The van der Waals surface area contributed by atoms with Gasteiger partial charge >= 0.3 is 0 Å². The Kier molecular flexibility index (Phi) is 7.16. The molecule has 1 N–H and O–H groups in total. The summed E-state index contributed by atoms with van der Waals surface area (Å²) in [5.74, 6) is 3.46. The monoisotopic (exact) mass is 397 g/mol. The minimum absolute atomic E-state index is 0.666.